The number of aliphatic hydroxyl groups is 1. The number of hydrogen-bond acceptors (Lipinski definition) is 3. The Balaban J connectivity index is 2.07. The van der Waals surface area contributed by atoms with Crippen LogP contribution in [0.5, 0.6) is 0 Å². The summed E-state index contributed by atoms with van der Waals surface area (Å²) in [5.74, 6) is 0. The van der Waals surface area contributed by atoms with Crippen LogP contribution in [0.1, 0.15) is 32.6 Å². The molecule has 0 spiro atoms. The number of aliphatic hydroxyl groups excluding tert-OH is 1. The molecule has 0 amide bonds. The van der Waals surface area contributed by atoms with Crippen LogP contribution in [0.25, 0.3) is 0 Å². The van der Waals surface area contributed by atoms with Gasteiger partial charge >= 0.3 is 0 Å². The van der Waals surface area contributed by atoms with Gasteiger partial charge < -0.3 is 15.7 Å². The van der Waals surface area contributed by atoms with Crippen molar-refractivity contribution in [3.63, 3.8) is 0 Å². The minimum absolute atomic E-state index is 0.295. The first-order chi connectivity index (χ1) is 6.36. The molecule has 1 fully saturated rings. The van der Waals surface area contributed by atoms with E-state index in [9.17, 15) is 0 Å². The molecule has 13 heavy (non-hydrogen) atoms. The Morgan fingerprint density at radius 2 is 2.46 bits per heavy atom. The first kappa shape index (κ1) is 11.0. The van der Waals surface area contributed by atoms with Gasteiger partial charge in [-0.1, -0.05) is 6.92 Å². The van der Waals surface area contributed by atoms with Gasteiger partial charge in [0.25, 0.3) is 0 Å². The van der Waals surface area contributed by atoms with Gasteiger partial charge in [0.2, 0.25) is 0 Å². The Hall–Kier alpha value is -0.120. The van der Waals surface area contributed by atoms with Crippen molar-refractivity contribution < 1.29 is 5.11 Å². The van der Waals surface area contributed by atoms with Crippen LogP contribution in [0.15, 0.2) is 0 Å². The third-order valence-corrected chi connectivity index (χ3v) is 2.79. The van der Waals surface area contributed by atoms with Crippen LogP contribution >= 0.6 is 0 Å². The average Bonchev–Trinajstić information content (AvgIpc) is 2.64. The van der Waals surface area contributed by atoms with Gasteiger partial charge in [-0.05, 0) is 32.2 Å². The fourth-order valence-corrected chi connectivity index (χ4v) is 1.85. The van der Waals surface area contributed by atoms with Crippen molar-refractivity contribution in [1.82, 2.24) is 10.6 Å². The van der Waals surface area contributed by atoms with Crippen LogP contribution in [0.3, 0.4) is 0 Å². The third kappa shape index (κ3) is 4.07. The predicted molar refractivity (Wildman–Crippen MR) is 54.8 cm³/mol. The van der Waals surface area contributed by atoms with Crippen molar-refractivity contribution >= 4 is 0 Å². The molecule has 1 aliphatic rings. The minimum atomic E-state index is 0.295. The van der Waals surface area contributed by atoms with Gasteiger partial charge in [-0.3, -0.25) is 0 Å². The Kier molecular flexibility index (Phi) is 5.35. The molecule has 3 N–H and O–H groups in total. The van der Waals surface area contributed by atoms with E-state index in [1.165, 1.54) is 19.4 Å². The molecule has 3 heteroatoms. The molecular formula is C10H22N2O. The van der Waals surface area contributed by atoms with Crippen molar-refractivity contribution in [2.45, 2.75) is 44.7 Å². The van der Waals surface area contributed by atoms with E-state index in [2.05, 4.69) is 17.6 Å². The maximum absolute atomic E-state index is 8.80. The summed E-state index contributed by atoms with van der Waals surface area (Å²) in [7, 11) is 0. The molecule has 1 saturated heterocycles. The van der Waals surface area contributed by atoms with E-state index >= 15 is 0 Å². The lowest BCUT2D eigenvalue weighted by molar-refractivity contribution is 0.260. The standard InChI is InChI=1S/C10H22N2O/c1-2-9(5-7-13)12-8-10-4-3-6-11-10/h9-13H,2-8H2,1H3. The number of rotatable bonds is 6. The van der Waals surface area contributed by atoms with Crippen molar-refractivity contribution in [3.05, 3.63) is 0 Å². The zero-order valence-electron chi connectivity index (χ0n) is 8.55. The molecule has 0 aromatic carbocycles. The zero-order chi connectivity index (χ0) is 9.52. The minimum Gasteiger partial charge on any atom is -0.396 e. The summed E-state index contributed by atoms with van der Waals surface area (Å²) < 4.78 is 0. The molecule has 0 aromatic heterocycles. The predicted octanol–water partition coefficient (Wildman–Crippen LogP) is 0.489. The highest BCUT2D eigenvalue weighted by Gasteiger charge is 2.14. The molecule has 0 aromatic rings. The van der Waals surface area contributed by atoms with E-state index < -0.39 is 0 Å². The summed E-state index contributed by atoms with van der Waals surface area (Å²) in [5.41, 5.74) is 0. The van der Waals surface area contributed by atoms with Crippen molar-refractivity contribution in [3.8, 4) is 0 Å². The Morgan fingerprint density at radius 1 is 1.62 bits per heavy atom. The van der Waals surface area contributed by atoms with Gasteiger partial charge in [-0.25, -0.2) is 0 Å². The second kappa shape index (κ2) is 6.35. The van der Waals surface area contributed by atoms with Crippen molar-refractivity contribution in [1.29, 1.82) is 0 Å². The lowest BCUT2D eigenvalue weighted by Gasteiger charge is -2.18. The molecule has 1 heterocycles. The Labute approximate surface area is 80.9 Å². The van der Waals surface area contributed by atoms with Crippen LogP contribution in [-0.2, 0) is 0 Å². The van der Waals surface area contributed by atoms with Gasteiger partial charge in [0.15, 0.2) is 0 Å². The third-order valence-electron chi connectivity index (χ3n) is 2.79. The monoisotopic (exact) mass is 186 g/mol. The quantitative estimate of drug-likeness (QED) is 0.565. The van der Waals surface area contributed by atoms with Crippen LogP contribution in [-0.4, -0.2) is 36.9 Å². The van der Waals surface area contributed by atoms with Gasteiger partial charge in [0, 0.05) is 25.2 Å². The molecule has 0 bridgehead atoms. The molecule has 78 valence electrons. The summed E-state index contributed by atoms with van der Waals surface area (Å²) in [4.78, 5) is 0. The maximum atomic E-state index is 8.80. The molecular weight excluding hydrogens is 164 g/mol. The average molecular weight is 186 g/mol. The normalized spacial score (nSPS) is 24.9. The highest BCUT2D eigenvalue weighted by molar-refractivity contribution is 4.78. The molecule has 0 saturated carbocycles. The number of hydrogen-bond donors (Lipinski definition) is 3. The zero-order valence-corrected chi connectivity index (χ0v) is 8.55. The largest absolute Gasteiger partial charge is 0.396 e. The van der Waals surface area contributed by atoms with Crippen LogP contribution in [0, 0.1) is 0 Å². The lowest BCUT2D eigenvalue weighted by Crippen LogP contribution is -2.39. The summed E-state index contributed by atoms with van der Waals surface area (Å²) in [6.45, 7) is 4.68. The van der Waals surface area contributed by atoms with E-state index in [-0.39, 0.29) is 0 Å². The first-order valence-electron chi connectivity index (χ1n) is 5.44. The number of nitrogens with one attached hydrogen (secondary N) is 2. The van der Waals surface area contributed by atoms with E-state index in [0.717, 1.165) is 19.4 Å². The molecule has 2 unspecified atom stereocenters. The smallest absolute Gasteiger partial charge is 0.0445 e. The van der Waals surface area contributed by atoms with E-state index in [4.69, 9.17) is 5.11 Å². The molecule has 3 nitrogen and oxygen atoms in total. The molecule has 2 atom stereocenters. The van der Waals surface area contributed by atoms with E-state index in [1.54, 1.807) is 0 Å². The second-order valence-electron chi connectivity index (χ2n) is 3.82. The summed E-state index contributed by atoms with van der Waals surface area (Å²) in [6.07, 6.45) is 4.59. The van der Waals surface area contributed by atoms with E-state index in [0.29, 0.717) is 18.7 Å². The SMILES string of the molecule is CCC(CCO)NCC1CCCN1. The topological polar surface area (TPSA) is 44.3 Å². The van der Waals surface area contributed by atoms with Crippen LogP contribution < -0.4 is 10.6 Å². The molecule has 1 rings (SSSR count). The highest BCUT2D eigenvalue weighted by atomic mass is 16.3. The highest BCUT2D eigenvalue weighted by Crippen LogP contribution is 2.04. The molecule has 0 aliphatic carbocycles. The van der Waals surface area contributed by atoms with Crippen molar-refractivity contribution in [2.24, 2.45) is 0 Å². The second-order valence-corrected chi connectivity index (χ2v) is 3.82. The fourth-order valence-electron chi connectivity index (χ4n) is 1.85. The van der Waals surface area contributed by atoms with Gasteiger partial charge in [0.05, 0.1) is 0 Å². The maximum Gasteiger partial charge on any atom is 0.0445 e. The van der Waals surface area contributed by atoms with Gasteiger partial charge in [-0.15, -0.1) is 0 Å². The van der Waals surface area contributed by atoms with Crippen molar-refractivity contribution in [2.75, 3.05) is 19.7 Å². The summed E-state index contributed by atoms with van der Waals surface area (Å²) in [6, 6.07) is 1.15. The van der Waals surface area contributed by atoms with Crippen LogP contribution in [0.2, 0.25) is 0 Å². The Morgan fingerprint density at radius 3 is 3.00 bits per heavy atom. The van der Waals surface area contributed by atoms with Crippen LogP contribution in [0.4, 0.5) is 0 Å². The van der Waals surface area contributed by atoms with E-state index in [1.807, 2.05) is 0 Å². The lowest BCUT2D eigenvalue weighted by atomic mass is 10.1. The summed E-state index contributed by atoms with van der Waals surface area (Å²) in [5, 5.41) is 15.7. The first-order valence-corrected chi connectivity index (χ1v) is 5.44. The Bertz CT molecular complexity index is 124. The molecule has 0 radical (unpaired) electrons. The van der Waals surface area contributed by atoms with Gasteiger partial charge in [0.1, 0.15) is 0 Å². The van der Waals surface area contributed by atoms with Gasteiger partial charge in [-0.2, -0.15) is 0 Å². The fraction of sp³-hybridized carbons (Fsp3) is 1.00. The summed E-state index contributed by atoms with van der Waals surface area (Å²) >= 11 is 0. The molecule has 1 aliphatic heterocycles.